The molecule has 0 fully saturated rings. The van der Waals surface area contributed by atoms with Gasteiger partial charge in [-0.15, -0.1) is 0 Å². The van der Waals surface area contributed by atoms with Crippen LogP contribution in [0.15, 0.2) is 70.1 Å². The summed E-state index contributed by atoms with van der Waals surface area (Å²) >= 11 is 0. The van der Waals surface area contributed by atoms with E-state index in [2.05, 4.69) is 23.2 Å². The van der Waals surface area contributed by atoms with E-state index < -0.39 is 0 Å². The first-order chi connectivity index (χ1) is 10.8. The van der Waals surface area contributed by atoms with Crippen molar-refractivity contribution in [3.63, 3.8) is 0 Å². The lowest BCUT2D eigenvalue weighted by molar-refractivity contribution is 0.602. The summed E-state index contributed by atoms with van der Waals surface area (Å²) in [6.07, 6.45) is 0.738. The summed E-state index contributed by atoms with van der Waals surface area (Å²) in [6, 6.07) is 22.0. The second-order valence-corrected chi connectivity index (χ2v) is 5.52. The minimum atomic E-state index is -0.342. The van der Waals surface area contributed by atoms with Gasteiger partial charge in [0, 0.05) is 17.7 Å². The molecular formula is C19H14N2O. The minimum absolute atomic E-state index is 0.106. The molecule has 3 aromatic rings. The van der Waals surface area contributed by atoms with Crippen molar-refractivity contribution in [2.75, 3.05) is 0 Å². The zero-order valence-corrected chi connectivity index (χ0v) is 11.9. The number of para-hydroxylation sites is 1. The lowest BCUT2D eigenvalue weighted by atomic mass is 9.90. The van der Waals surface area contributed by atoms with Crippen LogP contribution >= 0.6 is 0 Å². The Morgan fingerprint density at radius 1 is 1.05 bits per heavy atom. The van der Waals surface area contributed by atoms with E-state index in [1.807, 2.05) is 48.5 Å². The van der Waals surface area contributed by atoms with Crippen molar-refractivity contribution >= 4 is 16.7 Å². The van der Waals surface area contributed by atoms with Crippen molar-refractivity contribution in [1.29, 1.82) is 5.26 Å². The Hall–Kier alpha value is -2.86. The molecule has 1 aliphatic heterocycles. The summed E-state index contributed by atoms with van der Waals surface area (Å²) in [5.41, 5.74) is 2.90. The molecule has 0 unspecified atom stereocenters. The molecule has 0 N–H and O–H groups in total. The maximum atomic E-state index is 9.41. The molecule has 2 heterocycles. The first-order valence-corrected chi connectivity index (χ1v) is 7.35. The molecule has 2 atom stereocenters. The first kappa shape index (κ1) is 12.8. The highest BCUT2D eigenvalue weighted by Crippen LogP contribution is 2.34. The molecule has 0 saturated heterocycles. The summed E-state index contributed by atoms with van der Waals surface area (Å²) in [7, 11) is 0. The van der Waals surface area contributed by atoms with Gasteiger partial charge in [0.1, 0.15) is 17.4 Å². The van der Waals surface area contributed by atoms with Crippen LogP contribution in [0.1, 0.15) is 23.7 Å². The monoisotopic (exact) mass is 286 g/mol. The van der Waals surface area contributed by atoms with Crippen LogP contribution in [0.3, 0.4) is 0 Å². The van der Waals surface area contributed by atoms with Gasteiger partial charge in [-0.2, -0.15) is 5.26 Å². The standard InChI is InChI=1S/C19H14N2O/c20-12-17-15(13-6-2-1-3-7-13)11-16(21-17)19-10-14-8-4-5-9-18(14)22-19/h1-10,15,17H,11H2/t15-,17-/m1/s1. The molecule has 0 radical (unpaired) electrons. The van der Waals surface area contributed by atoms with Gasteiger partial charge >= 0.3 is 0 Å². The van der Waals surface area contributed by atoms with Crippen molar-refractivity contribution in [2.24, 2.45) is 4.99 Å². The quantitative estimate of drug-likeness (QED) is 0.705. The van der Waals surface area contributed by atoms with Crippen LogP contribution < -0.4 is 0 Å². The highest BCUT2D eigenvalue weighted by Gasteiger charge is 2.32. The number of nitrogens with zero attached hydrogens (tertiary/aromatic N) is 2. The molecule has 0 spiro atoms. The lowest BCUT2D eigenvalue weighted by Crippen LogP contribution is -2.09. The summed E-state index contributed by atoms with van der Waals surface area (Å²) < 4.78 is 5.89. The average Bonchev–Trinajstić information content (AvgIpc) is 3.19. The first-order valence-electron chi connectivity index (χ1n) is 7.35. The topological polar surface area (TPSA) is 49.3 Å². The molecule has 0 bridgehead atoms. The van der Waals surface area contributed by atoms with E-state index in [1.54, 1.807) is 0 Å². The highest BCUT2D eigenvalue weighted by molar-refractivity contribution is 6.03. The minimum Gasteiger partial charge on any atom is -0.455 e. The molecular weight excluding hydrogens is 272 g/mol. The van der Waals surface area contributed by atoms with Gasteiger partial charge in [-0.05, 0) is 17.7 Å². The average molecular weight is 286 g/mol. The van der Waals surface area contributed by atoms with Crippen molar-refractivity contribution in [3.05, 3.63) is 72.0 Å². The van der Waals surface area contributed by atoms with Crippen LogP contribution in [0.5, 0.6) is 0 Å². The van der Waals surface area contributed by atoms with Crippen LogP contribution in [0.4, 0.5) is 0 Å². The molecule has 1 aromatic heterocycles. The van der Waals surface area contributed by atoms with Crippen molar-refractivity contribution in [3.8, 4) is 6.07 Å². The predicted molar refractivity (Wildman–Crippen MR) is 86.0 cm³/mol. The fraction of sp³-hybridized carbons (Fsp3) is 0.158. The third-order valence-corrected chi connectivity index (χ3v) is 4.16. The van der Waals surface area contributed by atoms with E-state index in [0.29, 0.717) is 0 Å². The third kappa shape index (κ3) is 2.10. The van der Waals surface area contributed by atoms with Crippen molar-refractivity contribution < 1.29 is 4.42 Å². The van der Waals surface area contributed by atoms with Gasteiger partial charge in [-0.1, -0.05) is 48.5 Å². The van der Waals surface area contributed by atoms with Gasteiger partial charge in [0.25, 0.3) is 0 Å². The Bertz CT molecular complexity index is 853. The summed E-state index contributed by atoms with van der Waals surface area (Å²) in [6.45, 7) is 0. The SMILES string of the molecule is N#C[C@H]1N=C(c2cc3ccccc3o2)C[C@@H]1c1ccccc1. The Balaban J connectivity index is 1.70. The van der Waals surface area contributed by atoms with E-state index in [0.717, 1.165) is 34.4 Å². The van der Waals surface area contributed by atoms with Gasteiger partial charge in [-0.25, -0.2) is 0 Å². The number of aliphatic imine (C=N–C) groups is 1. The van der Waals surface area contributed by atoms with E-state index in [4.69, 9.17) is 4.42 Å². The Kier molecular flexibility index (Phi) is 3.01. The zero-order chi connectivity index (χ0) is 14.9. The Morgan fingerprint density at radius 3 is 2.59 bits per heavy atom. The van der Waals surface area contributed by atoms with Gasteiger partial charge in [0.05, 0.1) is 11.8 Å². The molecule has 0 aliphatic carbocycles. The van der Waals surface area contributed by atoms with Crippen LogP contribution in [-0.2, 0) is 0 Å². The fourth-order valence-corrected chi connectivity index (χ4v) is 3.04. The van der Waals surface area contributed by atoms with E-state index in [-0.39, 0.29) is 12.0 Å². The number of rotatable bonds is 2. The van der Waals surface area contributed by atoms with Gasteiger partial charge in [-0.3, -0.25) is 4.99 Å². The largest absolute Gasteiger partial charge is 0.455 e. The summed E-state index contributed by atoms with van der Waals surface area (Å²) in [4.78, 5) is 4.59. The van der Waals surface area contributed by atoms with Crippen LogP contribution in [0.25, 0.3) is 11.0 Å². The highest BCUT2D eigenvalue weighted by atomic mass is 16.3. The number of hydrogen-bond donors (Lipinski definition) is 0. The second kappa shape index (κ2) is 5.16. The van der Waals surface area contributed by atoms with Crippen molar-refractivity contribution in [2.45, 2.75) is 18.4 Å². The summed E-state index contributed by atoms with van der Waals surface area (Å²) in [5.74, 6) is 0.884. The number of nitriles is 1. The normalized spacial score (nSPS) is 20.8. The molecule has 3 nitrogen and oxygen atoms in total. The molecule has 2 aromatic carbocycles. The Morgan fingerprint density at radius 2 is 1.82 bits per heavy atom. The fourth-order valence-electron chi connectivity index (χ4n) is 3.04. The lowest BCUT2D eigenvalue weighted by Gasteiger charge is -2.11. The number of benzene rings is 2. The molecule has 0 amide bonds. The Labute approximate surface area is 128 Å². The third-order valence-electron chi connectivity index (χ3n) is 4.16. The van der Waals surface area contributed by atoms with Crippen LogP contribution in [-0.4, -0.2) is 11.8 Å². The van der Waals surface area contributed by atoms with Gasteiger partial charge < -0.3 is 4.42 Å². The molecule has 1 aliphatic rings. The van der Waals surface area contributed by atoms with Gasteiger partial charge in [0.15, 0.2) is 0 Å². The number of fused-ring (bicyclic) bond motifs is 1. The maximum absolute atomic E-state index is 9.41. The van der Waals surface area contributed by atoms with E-state index in [1.165, 1.54) is 0 Å². The molecule has 22 heavy (non-hydrogen) atoms. The van der Waals surface area contributed by atoms with Crippen molar-refractivity contribution in [1.82, 2.24) is 0 Å². The maximum Gasteiger partial charge on any atom is 0.149 e. The second-order valence-electron chi connectivity index (χ2n) is 5.52. The smallest absolute Gasteiger partial charge is 0.149 e. The predicted octanol–water partition coefficient (Wildman–Crippen LogP) is 4.30. The molecule has 106 valence electrons. The van der Waals surface area contributed by atoms with Gasteiger partial charge in [0.2, 0.25) is 0 Å². The molecule has 4 rings (SSSR count). The van der Waals surface area contributed by atoms with E-state index in [9.17, 15) is 5.26 Å². The summed E-state index contributed by atoms with van der Waals surface area (Å²) in [5, 5.41) is 10.5. The van der Waals surface area contributed by atoms with Crippen LogP contribution in [0.2, 0.25) is 0 Å². The molecule has 3 heteroatoms. The zero-order valence-electron chi connectivity index (χ0n) is 11.9. The van der Waals surface area contributed by atoms with E-state index >= 15 is 0 Å². The van der Waals surface area contributed by atoms with Crippen LogP contribution in [0, 0.1) is 11.3 Å². The molecule has 0 saturated carbocycles. The number of furan rings is 1. The number of hydrogen-bond acceptors (Lipinski definition) is 3.